The normalized spacial score (nSPS) is 15.5. The molecule has 86 valence electrons. The molecule has 2 unspecified atom stereocenters. The highest BCUT2D eigenvalue weighted by atomic mass is 16.5. The number of rotatable bonds is 6. The molecule has 3 nitrogen and oxygen atoms in total. The quantitative estimate of drug-likeness (QED) is 0.787. The zero-order chi connectivity index (χ0) is 11.3. The van der Waals surface area contributed by atoms with Crippen LogP contribution < -0.4 is 5.73 Å². The zero-order valence-corrected chi connectivity index (χ0v) is 9.77. The molecule has 0 saturated heterocycles. The van der Waals surface area contributed by atoms with E-state index < -0.39 is 0 Å². The average molecular weight is 211 g/mol. The summed E-state index contributed by atoms with van der Waals surface area (Å²) in [7, 11) is 0. The van der Waals surface area contributed by atoms with Gasteiger partial charge in [0.25, 0.3) is 0 Å². The van der Waals surface area contributed by atoms with E-state index in [1.165, 1.54) is 0 Å². The van der Waals surface area contributed by atoms with Crippen molar-refractivity contribution in [3.8, 4) is 0 Å². The Morgan fingerprint density at radius 3 is 2.67 bits per heavy atom. The maximum absolute atomic E-state index is 6.01. The third-order valence-corrected chi connectivity index (χ3v) is 2.29. The molecule has 3 heteroatoms. The smallest absolute Gasteiger partial charge is 0.134 e. The fraction of sp³-hybridized carbons (Fsp3) is 0.667. The summed E-state index contributed by atoms with van der Waals surface area (Å²) < 4.78 is 11.1. The van der Waals surface area contributed by atoms with Crippen LogP contribution in [0.15, 0.2) is 22.8 Å². The van der Waals surface area contributed by atoms with Crippen molar-refractivity contribution in [2.45, 2.75) is 39.3 Å². The summed E-state index contributed by atoms with van der Waals surface area (Å²) >= 11 is 0. The summed E-state index contributed by atoms with van der Waals surface area (Å²) in [5.41, 5.74) is 6.01. The Morgan fingerprint density at radius 1 is 1.47 bits per heavy atom. The van der Waals surface area contributed by atoms with Crippen LogP contribution in [0.1, 0.15) is 39.1 Å². The maximum atomic E-state index is 6.01. The first-order valence-electron chi connectivity index (χ1n) is 5.55. The highest BCUT2D eigenvalue weighted by Crippen LogP contribution is 2.23. The van der Waals surface area contributed by atoms with Gasteiger partial charge in [-0.05, 0) is 24.5 Å². The van der Waals surface area contributed by atoms with Crippen molar-refractivity contribution < 1.29 is 9.15 Å². The molecule has 0 aliphatic carbocycles. The highest BCUT2D eigenvalue weighted by molar-refractivity contribution is 5.04. The van der Waals surface area contributed by atoms with Crippen LogP contribution in [0.25, 0.3) is 0 Å². The van der Waals surface area contributed by atoms with Crippen molar-refractivity contribution in [1.82, 2.24) is 0 Å². The lowest BCUT2D eigenvalue weighted by Gasteiger charge is -2.22. The number of nitrogens with two attached hydrogens (primary N) is 1. The summed E-state index contributed by atoms with van der Waals surface area (Å²) in [6, 6.07) is 3.78. The summed E-state index contributed by atoms with van der Waals surface area (Å²) in [6.45, 7) is 7.01. The van der Waals surface area contributed by atoms with E-state index >= 15 is 0 Å². The molecule has 0 spiro atoms. The molecule has 1 heterocycles. The lowest BCUT2D eigenvalue weighted by Crippen LogP contribution is -2.30. The lowest BCUT2D eigenvalue weighted by molar-refractivity contribution is 0.00477. The molecule has 1 aromatic rings. The van der Waals surface area contributed by atoms with Crippen molar-refractivity contribution in [3.05, 3.63) is 24.2 Å². The minimum atomic E-state index is -0.118. The van der Waals surface area contributed by atoms with Crippen LogP contribution in [-0.2, 0) is 4.74 Å². The Morgan fingerprint density at radius 2 is 2.20 bits per heavy atom. The standard InChI is InChI=1S/C12H21NO2/c1-4-10(13)12(15-8-9(2)3)11-6-5-7-14-11/h5-7,9-10,12H,4,8,13H2,1-3H3. The van der Waals surface area contributed by atoms with Crippen molar-refractivity contribution in [2.75, 3.05) is 6.61 Å². The van der Waals surface area contributed by atoms with Crippen LogP contribution in [0.5, 0.6) is 0 Å². The van der Waals surface area contributed by atoms with Crippen LogP contribution in [0.2, 0.25) is 0 Å². The monoisotopic (exact) mass is 211 g/mol. The van der Waals surface area contributed by atoms with Gasteiger partial charge in [-0.2, -0.15) is 0 Å². The second kappa shape index (κ2) is 5.93. The second-order valence-corrected chi connectivity index (χ2v) is 4.24. The predicted octanol–water partition coefficient (Wildman–Crippen LogP) is 2.73. The molecular formula is C12H21NO2. The van der Waals surface area contributed by atoms with E-state index in [0.29, 0.717) is 12.5 Å². The molecule has 1 rings (SSSR count). The Balaban J connectivity index is 2.62. The van der Waals surface area contributed by atoms with Crippen molar-refractivity contribution >= 4 is 0 Å². The summed E-state index contributed by atoms with van der Waals surface area (Å²) in [5.74, 6) is 1.33. The van der Waals surface area contributed by atoms with Gasteiger partial charge in [0.15, 0.2) is 0 Å². The first-order chi connectivity index (χ1) is 7.15. The highest BCUT2D eigenvalue weighted by Gasteiger charge is 2.21. The van der Waals surface area contributed by atoms with E-state index in [4.69, 9.17) is 14.9 Å². The third-order valence-electron chi connectivity index (χ3n) is 2.29. The van der Waals surface area contributed by atoms with Gasteiger partial charge in [0.05, 0.1) is 6.26 Å². The molecule has 0 amide bonds. The molecule has 0 radical (unpaired) electrons. The molecule has 2 N–H and O–H groups in total. The van der Waals surface area contributed by atoms with Gasteiger partial charge < -0.3 is 14.9 Å². The zero-order valence-electron chi connectivity index (χ0n) is 9.77. The van der Waals surface area contributed by atoms with Gasteiger partial charge in [0, 0.05) is 12.6 Å². The Kier molecular flexibility index (Phi) is 4.85. The van der Waals surface area contributed by atoms with Crippen LogP contribution in [-0.4, -0.2) is 12.6 Å². The van der Waals surface area contributed by atoms with Gasteiger partial charge >= 0.3 is 0 Å². The summed E-state index contributed by atoms with van der Waals surface area (Å²) in [4.78, 5) is 0. The minimum Gasteiger partial charge on any atom is -0.467 e. The van der Waals surface area contributed by atoms with Gasteiger partial charge in [-0.25, -0.2) is 0 Å². The van der Waals surface area contributed by atoms with Crippen molar-refractivity contribution in [1.29, 1.82) is 0 Å². The summed E-state index contributed by atoms with van der Waals surface area (Å²) in [5, 5.41) is 0. The maximum Gasteiger partial charge on any atom is 0.134 e. The average Bonchev–Trinajstić information content (AvgIpc) is 2.70. The fourth-order valence-corrected chi connectivity index (χ4v) is 1.38. The predicted molar refractivity (Wildman–Crippen MR) is 60.5 cm³/mol. The molecule has 1 aromatic heterocycles. The number of hydrogen-bond acceptors (Lipinski definition) is 3. The molecule has 0 aliphatic heterocycles. The minimum absolute atomic E-state index is 0.00472. The Hall–Kier alpha value is -0.800. The van der Waals surface area contributed by atoms with Gasteiger partial charge in [-0.1, -0.05) is 20.8 Å². The molecular weight excluding hydrogens is 190 g/mol. The first-order valence-corrected chi connectivity index (χ1v) is 5.55. The van der Waals surface area contributed by atoms with Gasteiger partial charge in [-0.15, -0.1) is 0 Å². The van der Waals surface area contributed by atoms with Gasteiger partial charge in [0.1, 0.15) is 11.9 Å². The second-order valence-electron chi connectivity index (χ2n) is 4.24. The van der Waals surface area contributed by atoms with Gasteiger partial charge in [-0.3, -0.25) is 0 Å². The van der Waals surface area contributed by atoms with E-state index in [0.717, 1.165) is 12.2 Å². The van der Waals surface area contributed by atoms with Crippen LogP contribution in [0.4, 0.5) is 0 Å². The largest absolute Gasteiger partial charge is 0.467 e. The molecule has 0 aliphatic rings. The Bertz CT molecular complexity index is 257. The van der Waals surface area contributed by atoms with Crippen molar-refractivity contribution in [2.24, 2.45) is 11.7 Å². The van der Waals surface area contributed by atoms with E-state index in [1.807, 2.05) is 12.1 Å². The molecule has 0 aromatic carbocycles. The number of ether oxygens (including phenoxy) is 1. The topological polar surface area (TPSA) is 48.4 Å². The molecule has 15 heavy (non-hydrogen) atoms. The molecule has 2 atom stereocenters. The van der Waals surface area contributed by atoms with Crippen molar-refractivity contribution in [3.63, 3.8) is 0 Å². The molecule has 0 saturated carbocycles. The SMILES string of the molecule is CCC(N)C(OCC(C)C)c1ccco1. The Labute approximate surface area is 91.6 Å². The van der Waals surface area contributed by atoms with Gasteiger partial charge in [0.2, 0.25) is 0 Å². The van der Waals surface area contributed by atoms with E-state index in [-0.39, 0.29) is 12.1 Å². The first kappa shape index (κ1) is 12.3. The third kappa shape index (κ3) is 3.68. The van der Waals surface area contributed by atoms with E-state index in [2.05, 4.69) is 20.8 Å². The lowest BCUT2D eigenvalue weighted by atomic mass is 10.1. The summed E-state index contributed by atoms with van der Waals surface area (Å²) in [6.07, 6.45) is 2.42. The van der Waals surface area contributed by atoms with Crippen LogP contribution in [0.3, 0.4) is 0 Å². The van der Waals surface area contributed by atoms with E-state index in [9.17, 15) is 0 Å². The van der Waals surface area contributed by atoms with Crippen LogP contribution >= 0.6 is 0 Å². The molecule has 0 fully saturated rings. The van der Waals surface area contributed by atoms with E-state index in [1.54, 1.807) is 6.26 Å². The fourth-order valence-electron chi connectivity index (χ4n) is 1.38. The molecule has 0 bridgehead atoms. The number of hydrogen-bond donors (Lipinski definition) is 1. The van der Waals surface area contributed by atoms with Crippen LogP contribution in [0, 0.1) is 5.92 Å². The number of furan rings is 1.